The van der Waals surface area contributed by atoms with Crippen LogP contribution in [0.1, 0.15) is 0 Å². The first kappa shape index (κ1) is 11.0. The van der Waals surface area contributed by atoms with Crippen molar-refractivity contribution < 1.29 is 9.15 Å². The van der Waals surface area contributed by atoms with Crippen LogP contribution in [0.5, 0.6) is 0 Å². The van der Waals surface area contributed by atoms with Gasteiger partial charge in [0.2, 0.25) is 11.7 Å². The summed E-state index contributed by atoms with van der Waals surface area (Å²) in [6.07, 6.45) is 3.12. The number of rotatable bonds is 1. The minimum absolute atomic E-state index is 0.633. The first-order valence-electron chi connectivity index (χ1n) is 6.27. The molecule has 0 atom stereocenters. The number of imidazole rings is 1. The summed E-state index contributed by atoms with van der Waals surface area (Å²) in [6.45, 7) is 0. The van der Waals surface area contributed by atoms with E-state index < -0.39 is 0 Å². The molecule has 0 bridgehead atoms. The minimum atomic E-state index is 0.633. The summed E-state index contributed by atoms with van der Waals surface area (Å²) < 4.78 is 8.22. The Kier molecular flexibility index (Phi) is 2.12. The van der Waals surface area contributed by atoms with Gasteiger partial charge in [0.05, 0.1) is 17.2 Å². The van der Waals surface area contributed by atoms with Crippen LogP contribution in [0.15, 0.2) is 53.3 Å². The third kappa shape index (κ3) is 1.37. The van der Waals surface area contributed by atoms with Crippen LogP contribution < -0.4 is 4.73 Å². The van der Waals surface area contributed by atoms with Crippen LogP contribution in [0.3, 0.4) is 0 Å². The Balaban J connectivity index is 2.18. The maximum absolute atomic E-state index is 12.0. The molecule has 20 heavy (non-hydrogen) atoms. The average Bonchev–Trinajstić information content (AvgIpc) is 3.07. The zero-order valence-corrected chi connectivity index (χ0v) is 10.8. The number of furan rings is 1. The van der Waals surface area contributed by atoms with Gasteiger partial charge in [-0.2, -0.15) is 4.73 Å². The van der Waals surface area contributed by atoms with Crippen LogP contribution in [0.25, 0.3) is 33.5 Å². The Morgan fingerprint density at radius 2 is 2.05 bits per heavy atom. The minimum Gasteiger partial charge on any atom is -0.618 e. The van der Waals surface area contributed by atoms with Crippen molar-refractivity contribution in [2.75, 3.05) is 0 Å². The standard InChI is InChI=1S/C15H11N3O2/c1-17-14-10-5-2-3-6-12(10)18(19)9-11(14)16-15(17)13-7-4-8-20-13/h2-9H,1H3. The van der Waals surface area contributed by atoms with Crippen molar-refractivity contribution in [1.82, 2.24) is 9.55 Å². The van der Waals surface area contributed by atoms with E-state index in [-0.39, 0.29) is 0 Å². The summed E-state index contributed by atoms with van der Waals surface area (Å²) >= 11 is 0. The molecule has 98 valence electrons. The Morgan fingerprint density at radius 1 is 1.20 bits per heavy atom. The van der Waals surface area contributed by atoms with Gasteiger partial charge in [-0.1, -0.05) is 12.1 Å². The van der Waals surface area contributed by atoms with Crippen molar-refractivity contribution in [3.8, 4) is 11.6 Å². The average molecular weight is 265 g/mol. The molecule has 3 heterocycles. The van der Waals surface area contributed by atoms with Crippen molar-refractivity contribution in [2.45, 2.75) is 0 Å². The molecule has 5 nitrogen and oxygen atoms in total. The van der Waals surface area contributed by atoms with E-state index in [1.54, 1.807) is 12.3 Å². The molecule has 0 saturated carbocycles. The van der Waals surface area contributed by atoms with E-state index in [9.17, 15) is 5.21 Å². The molecule has 5 heteroatoms. The summed E-state index contributed by atoms with van der Waals surface area (Å²) in [7, 11) is 1.93. The quantitative estimate of drug-likeness (QED) is 0.392. The van der Waals surface area contributed by atoms with E-state index in [0.29, 0.717) is 22.6 Å². The number of para-hydroxylation sites is 1. The lowest BCUT2D eigenvalue weighted by molar-refractivity contribution is -0.575. The highest BCUT2D eigenvalue weighted by Gasteiger charge is 2.18. The van der Waals surface area contributed by atoms with Crippen LogP contribution in [-0.2, 0) is 7.05 Å². The first-order valence-corrected chi connectivity index (χ1v) is 6.27. The van der Waals surface area contributed by atoms with Crippen LogP contribution in [0.2, 0.25) is 0 Å². The fourth-order valence-corrected chi connectivity index (χ4v) is 2.60. The van der Waals surface area contributed by atoms with Gasteiger partial charge in [-0.15, -0.1) is 0 Å². The second-order valence-electron chi connectivity index (χ2n) is 4.68. The second-order valence-corrected chi connectivity index (χ2v) is 4.68. The number of nitrogens with zero attached hydrogens (tertiary/aromatic N) is 3. The van der Waals surface area contributed by atoms with Gasteiger partial charge in [0, 0.05) is 13.1 Å². The van der Waals surface area contributed by atoms with E-state index in [0.717, 1.165) is 15.6 Å². The number of pyridine rings is 1. The normalized spacial score (nSPS) is 11.4. The molecule has 0 spiro atoms. The molecule has 0 unspecified atom stereocenters. The fourth-order valence-electron chi connectivity index (χ4n) is 2.60. The van der Waals surface area contributed by atoms with Crippen LogP contribution in [-0.4, -0.2) is 9.55 Å². The third-order valence-electron chi connectivity index (χ3n) is 3.50. The van der Waals surface area contributed by atoms with E-state index >= 15 is 0 Å². The van der Waals surface area contributed by atoms with E-state index in [1.807, 2.05) is 41.9 Å². The molecule has 4 aromatic rings. The Bertz CT molecular complexity index is 923. The van der Waals surface area contributed by atoms with Gasteiger partial charge in [0.25, 0.3) is 0 Å². The molecule has 0 aliphatic heterocycles. The predicted molar refractivity (Wildman–Crippen MR) is 74.9 cm³/mol. The van der Waals surface area contributed by atoms with Gasteiger partial charge < -0.3 is 14.2 Å². The lowest BCUT2D eigenvalue weighted by atomic mass is 10.2. The van der Waals surface area contributed by atoms with Gasteiger partial charge in [-0.25, -0.2) is 4.98 Å². The molecule has 0 amide bonds. The van der Waals surface area contributed by atoms with Gasteiger partial charge in [0.15, 0.2) is 17.1 Å². The lowest BCUT2D eigenvalue weighted by Crippen LogP contribution is -2.26. The largest absolute Gasteiger partial charge is 0.618 e. The molecule has 0 aliphatic rings. The maximum Gasteiger partial charge on any atom is 0.226 e. The number of benzene rings is 1. The number of hydrogen-bond acceptors (Lipinski definition) is 3. The summed E-state index contributed by atoms with van der Waals surface area (Å²) in [5.41, 5.74) is 2.22. The van der Waals surface area contributed by atoms with Crippen LogP contribution >= 0.6 is 0 Å². The van der Waals surface area contributed by atoms with E-state index in [1.165, 1.54) is 6.20 Å². The van der Waals surface area contributed by atoms with Crippen molar-refractivity contribution in [3.63, 3.8) is 0 Å². The number of aryl methyl sites for hydroxylation is 1. The van der Waals surface area contributed by atoms with Crippen LogP contribution in [0.4, 0.5) is 0 Å². The lowest BCUT2D eigenvalue weighted by Gasteiger charge is -2.04. The molecule has 3 aromatic heterocycles. The van der Waals surface area contributed by atoms with Crippen molar-refractivity contribution in [2.24, 2.45) is 7.05 Å². The number of aromatic nitrogens is 3. The fraction of sp³-hybridized carbons (Fsp3) is 0.0667. The number of fused-ring (bicyclic) bond motifs is 3. The van der Waals surface area contributed by atoms with Crippen molar-refractivity contribution in [1.29, 1.82) is 0 Å². The molecule has 0 radical (unpaired) electrons. The molecule has 0 N–H and O–H groups in total. The van der Waals surface area contributed by atoms with Crippen molar-refractivity contribution >= 4 is 21.9 Å². The molecular weight excluding hydrogens is 254 g/mol. The Hall–Kier alpha value is -2.82. The number of hydrogen-bond donors (Lipinski definition) is 0. The topological polar surface area (TPSA) is 57.9 Å². The molecule has 4 rings (SSSR count). The highest BCUT2D eigenvalue weighted by molar-refractivity contribution is 6.01. The molecule has 1 aromatic carbocycles. The highest BCUT2D eigenvalue weighted by Crippen LogP contribution is 2.27. The third-order valence-corrected chi connectivity index (χ3v) is 3.50. The van der Waals surface area contributed by atoms with Gasteiger partial charge in [-0.3, -0.25) is 0 Å². The van der Waals surface area contributed by atoms with E-state index in [2.05, 4.69) is 4.98 Å². The van der Waals surface area contributed by atoms with Gasteiger partial charge in [-0.05, 0) is 18.2 Å². The second kappa shape index (κ2) is 3.84. The zero-order chi connectivity index (χ0) is 13.7. The Labute approximate surface area is 114 Å². The smallest absolute Gasteiger partial charge is 0.226 e. The SMILES string of the molecule is Cn1c(-c2ccco2)nc2c[n+]([O-])c3ccccc3c21. The van der Waals surface area contributed by atoms with Crippen LogP contribution in [0, 0.1) is 5.21 Å². The Morgan fingerprint density at radius 3 is 2.85 bits per heavy atom. The predicted octanol–water partition coefficient (Wildman–Crippen LogP) is 2.62. The van der Waals surface area contributed by atoms with Crippen molar-refractivity contribution in [3.05, 3.63) is 54.1 Å². The highest BCUT2D eigenvalue weighted by atomic mass is 16.5. The van der Waals surface area contributed by atoms with Gasteiger partial charge >= 0.3 is 0 Å². The molecule has 0 aliphatic carbocycles. The molecular formula is C15H11N3O2. The zero-order valence-electron chi connectivity index (χ0n) is 10.8. The van der Waals surface area contributed by atoms with E-state index in [4.69, 9.17) is 4.42 Å². The molecule has 0 saturated heterocycles. The maximum atomic E-state index is 12.0. The molecule has 0 fully saturated rings. The summed E-state index contributed by atoms with van der Waals surface area (Å²) in [5.74, 6) is 1.39. The first-order chi connectivity index (χ1) is 9.75. The summed E-state index contributed by atoms with van der Waals surface area (Å²) in [5, 5.41) is 12.9. The monoisotopic (exact) mass is 265 g/mol. The summed E-state index contributed by atoms with van der Waals surface area (Å²) in [4.78, 5) is 4.51. The summed E-state index contributed by atoms with van der Waals surface area (Å²) in [6, 6.07) is 11.2. The van der Waals surface area contributed by atoms with Gasteiger partial charge in [0.1, 0.15) is 0 Å².